The monoisotopic (exact) mass is 351 g/mol. The van der Waals surface area contributed by atoms with E-state index in [1.807, 2.05) is 0 Å². The maximum absolute atomic E-state index is 13.0. The van der Waals surface area contributed by atoms with Crippen LogP contribution >= 0.6 is 22.9 Å². The normalized spacial score (nSPS) is 18.0. The first-order valence-corrected chi connectivity index (χ1v) is 8.58. The van der Waals surface area contributed by atoms with Gasteiger partial charge in [0.1, 0.15) is 5.82 Å². The first-order valence-electron chi connectivity index (χ1n) is 7.39. The van der Waals surface area contributed by atoms with Crippen LogP contribution in [0.5, 0.6) is 0 Å². The number of halogens is 2. The molecule has 1 aliphatic heterocycles. The Kier molecular flexibility index (Phi) is 4.78. The van der Waals surface area contributed by atoms with Crippen LogP contribution in [0.2, 0.25) is 4.34 Å². The predicted molar refractivity (Wildman–Crippen MR) is 88.7 cm³/mol. The molecule has 0 bridgehead atoms. The highest BCUT2D eigenvalue weighted by molar-refractivity contribution is 7.18. The molecule has 0 saturated carbocycles. The van der Waals surface area contributed by atoms with Gasteiger partial charge in [-0.1, -0.05) is 11.6 Å². The van der Waals surface area contributed by atoms with Gasteiger partial charge in [0.2, 0.25) is 0 Å². The average Bonchev–Trinajstić information content (AvgIpc) is 3.01. The Morgan fingerprint density at radius 2 is 1.91 bits per heavy atom. The van der Waals surface area contributed by atoms with Crippen molar-refractivity contribution in [1.82, 2.24) is 4.90 Å². The molecule has 23 heavy (non-hydrogen) atoms. The second kappa shape index (κ2) is 6.81. The lowest BCUT2D eigenvalue weighted by atomic mass is 9.92. The van der Waals surface area contributed by atoms with E-state index in [1.54, 1.807) is 17.0 Å². The van der Waals surface area contributed by atoms with Gasteiger partial charge in [-0.2, -0.15) is 0 Å². The lowest BCUT2D eigenvalue weighted by Gasteiger charge is -2.32. The van der Waals surface area contributed by atoms with E-state index >= 15 is 0 Å². The number of Topliss-reactive ketones (excluding diaryl/α,β-unsaturated/α-hetero) is 1. The largest absolute Gasteiger partial charge is 0.338 e. The molecule has 120 valence electrons. The molecule has 1 unspecified atom stereocenters. The molecule has 2 aromatic rings. The lowest BCUT2D eigenvalue weighted by Crippen LogP contribution is -2.42. The molecule has 0 N–H and O–H groups in total. The molecule has 1 atom stereocenters. The van der Waals surface area contributed by atoms with Crippen molar-refractivity contribution in [1.29, 1.82) is 0 Å². The van der Waals surface area contributed by atoms with E-state index in [9.17, 15) is 14.0 Å². The zero-order valence-corrected chi connectivity index (χ0v) is 13.9. The van der Waals surface area contributed by atoms with Crippen LogP contribution in [-0.2, 0) is 0 Å². The van der Waals surface area contributed by atoms with Crippen molar-refractivity contribution < 1.29 is 14.0 Å². The van der Waals surface area contributed by atoms with Crippen LogP contribution in [0.4, 0.5) is 4.39 Å². The minimum absolute atomic E-state index is 0.0403. The summed E-state index contributed by atoms with van der Waals surface area (Å²) in [5.41, 5.74) is 0.443. The van der Waals surface area contributed by atoms with Crippen molar-refractivity contribution in [2.45, 2.75) is 12.8 Å². The van der Waals surface area contributed by atoms with Gasteiger partial charge in [0.05, 0.1) is 9.21 Å². The summed E-state index contributed by atoms with van der Waals surface area (Å²) < 4.78 is 13.6. The second-order valence-corrected chi connectivity index (χ2v) is 7.28. The van der Waals surface area contributed by atoms with Crippen LogP contribution < -0.4 is 0 Å². The van der Waals surface area contributed by atoms with Gasteiger partial charge in [-0.25, -0.2) is 4.39 Å². The Labute approximate surface area is 142 Å². The fourth-order valence-electron chi connectivity index (χ4n) is 2.80. The maximum Gasteiger partial charge on any atom is 0.253 e. The number of thiophene rings is 1. The van der Waals surface area contributed by atoms with Gasteiger partial charge < -0.3 is 4.90 Å². The van der Waals surface area contributed by atoms with Crippen molar-refractivity contribution in [3.8, 4) is 0 Å². The molecule has 0 aliphatic carbocycles. The fourth-order valence-corrected chi connectivity index (χ4v) is 3.86. The van der Waals surface area contributed by atoms with Crippen LogP contribution in [0.3, 0.4) is 0 Å². The maximum atomic E-state index is 13.0. The number of ketones is 1. The molecular formula is C17H15ClFNO2S. The highest BCUT2D eigenvalue weighted by Gasteiger charge is 2.30. The summed E-state index contributed by atoms with van der Waals surface area (Å²) in [4.78, 5) is 27.3. The summed E-state index contributed by atoms with van der Waals surface area (Å²) in [5, 5.41) is 0. The average molecular weight is 352 g/mol. The lowest BCUT2D eigenvalue weighted by molar-refractivity contribution is 0.0638. The minimum Gasteiger partial charge on any atom is -0.338 e. The standard InChI is InChI=1S/C17H15ClFNO2S/c18-15-8-7-14(23-15)16(21)12-2-1-9-20(10-12)17(22)11-3-5-13(19)6-4-11/h3-8,12H,1-2,9-10H2. The van der Waals surface area contributed by atoms with E-state index in [-0.39, 0.29) is 23.4 Å². The third kappa shape index (κ3) is 3.62. The predicted octanol–water partition coefficient (Wildman–Crippen LogP) is 4.28. The van der Waals surface area contributed by atoms with E-state index < -0.39 is 0 Å². The Morgan fingerprint density at radius 3 is 2.57 bits per heavy atom. The molecule has 1 fully saturated rings. The first-order chi connectivity index (χ1) is 11.0. The Morgan fingerprint density at radius 1 is 1.17 bits per heavy atom. The van der Waals surface area contributed by atoms with Crippen molar-refractivity contribution in [3.63, 3.8) is 0 Å². The van der Waals surface area contributed by atoms with Crippen LogP contribution in [0, 0.1) is 11.7 Å². The summed E-state index contributed by atoms with van der Waals surface area (Å²) in [5.74, 6) is -0.698. The topological polar surface area (TPSA) is 37.4 Å². The Bertz CT molecular complexity index is 728. The quantitative estimate of drug-likeness (QED) is 0.774. The molecule has 1 amide bonds. The number of amides is 1. The number of hydrogen-bond acceptors (Lipinski definition) is 3. The molecule has 2 heterocycles. The van der Waals surface area contributed by atoms with Crippen molar-refractivity contribution in [2.75, 3.05) is 13.1 Å². The zero-order valence-electron chi connectivity index (χ0n) is 12.3. The van der Waals surface area contributed by atoms with Crippen LogP contribution in [0.1, 0.15) is 32.9 Å². The number of rotatable bonds is 3. The van der Waals surface area contributed by atoms with Crippen molar-refractivity contribution in [2.24, 2.45) is 5.92 Å². The van der Waals surface area contributed by atoms with Gasteiger partial charge in [-0.3, -0.25) is 9.59 Å². The third-order valence-corrected chi connectivity index (χ3v) is 5.23. The van der Waals surface area contributed by atoms with Gasteiger partial charge >= 0.3 is 0 Å². The Hall–Kier alpha value is -1.72. The van der Waals surface area contributed by atoms with E-state index in [1.165, 1.54) is 35.6 Å². The number of carbonyl (C=O) groups excluding carboxylic acids is 2. The number of nitrogens with zero attached hydrogens (tertiary/aromatic N) is 1. The fraction of sp³-hybridized carbons (Fsp3) is 0.294. The number of hydrogen-bond donors (Lipinski definition) is 0. The van der Waals surface area contributed by atoms with Gasteiger partial charge in [0.15, 0.2) is 5.78 Å². The van der Waals surface area contributed by atoms with Gasteiger partial charge in [0, 0.05) is 24.6 Å². The molecule has 1 aromatic heterocycles. The molecule has 6 heteroatoms. The van der Waals surface area contributed by atoms with E-state index in [4.69, 9.17) is 11.6 Å². The van der Waals surface area contributed by atoms with Gasteiger partial charge in [-0.15, -0.1) is 11.3 Å². The molecule has 1 aromatic carbocycles. The summed E-state index contributed by atoms with van der Waals surface area (Å²) >= 11 is 7.15. The first kappa shape index (κ1) is 16.1. The van der Waals surface area contributed by atoms with Crippen LogP contribution in [-0.4, -0.2) is 29.7 Å². The minimum atomic E-state index is -0.372. The second-order valence-electron chi connectivity index (χ2n) is 5.57. The smallest absolute Gasteiger partial charge is 0.253 e. The molecule has 0 radical (unpaired) electrons. The molecule has 0 spiro atoms. The van der Waals surface area contributed by atoms with Crippen molar-refractivity contribution >= 4 is 34.6 Å². The van der Waals surface area contributed by atoms with E-state index in [0.29, 0.717) is 27.9 Å². The number of carbonyl (C=O) groups is 2. The number of likely N-dealkylation sites (tertiary alicyclic amines) is 1. The molecule has 1 saturated heterocycles. The highest BCUT2D eigenvalue weighted by Crippen LogP contribution is 2.28. The molecular weight excluding hydrogens is 337 g/mol. The van der Waals surface area contributed by atoms with Gasteiger partial charge in [0.25, 0.3) is 5.91 Å². The van der Waals surface area contributed by atoms with Gasteiger partial charge in [-0.05, 0) is 49.2 Å². The molecule has 3 nitrogen and oxygen atoms in total. The van der Waals surface area contributed by atoms with E-state index in [2.05, 4.69) is 0 Å². The Balaban J connectivity index is 1.71. The summed E-state index contributed by atoms with van der Waals surface area (Å²) in [6, 6.07) is 8.94. The highest BCUT2D eigenvalue weighted by atomic mass is 35.5. The van der Waals surface area contributed by atoms with E-state index in [0.717, 1.165) is 12.8 Å². The number of piperidine rings is 1. The molecule has 1 aliphatic rings. The zero-order chi connectivity index (χ0) is 16.4. The van der Waals surface area contributed by atoms with Crippen molar-refractivity contribution in [3.05, 3.63) is 57.0 Å². The molecule has 3 rings (SSSR count). The van der Waals surface area contributed by atoms with Crippen LogP contribution in [0.15, 0.2) is 36.4 Å². The summed E-state index contributed by atoms with van der Waals surface area (Å²) in [6.45, 7) is 1.01. The summed E-state index contributed by atoms with van der Waals surface area (Å²) in [7, 11) is 0. The third-order valence-electron chi connectivity index (χ3n) is 3.99. The number of benzene rings is 1. The van der Waals surface area contributed by atoms with Crippen LogP contribution in [0.25, 0.3) is 0 Å². The SMILES string of the molecule is O=C(c1ccc(Cl)s1)C1CCCN(C(=O)c2ccc(F)cc2)C1. The summed E-state index contributed by atoms with van der Waals surface area (Å²) in [6.07, 6.45) is 1.55.